The molecule has 1 rings (SSSR count). The Balaban J connectivity index is 2.88. The van der Waals surface area contributed by atoms with Gasteiger partial charge in [0.15, 0.2) is 0 Å². The standard InChI is InChI=1S/C7H9OSi/c1-9-7-4-2-6(8)3-5-7/h2-5,8H,1,9H2. The third-order valence-corrected chi connectivity index (χ3v) is 2.27. The number of phenolic OH excluding ortho intramolecular Hbond substituents is 1. The second-order valence-electron chi connectivity index (χ2n) is 1.92. The molecule has 2 heteroatoms. The van der Waals surface area contributed by atoms with Gasteiger partial charge in [0.05, 0.1) is 9.52 Å². The smallest absolute Gasteiger partial charge is 0.115 e. The van der Waals surface area contributed by atoms with Crippen LogP contribution in [0.4, 0.5) is 0 Å². The number of phenols is 1. The Morgan fingerprint density at radius 2 is 1.78 bits per heavy atom. The Morgan fingerprint density at radius 1 is 1.22 bits per heavy atom. The maximum Gasteiger partial charge on any atom is 0.115 e. The molecule has 9 heavy (non-hydrogen) atoms. The summed E-state index contributed by atoms with van der Waals surface area (Å²) in [6, 6.07) is 7.25. The van der Waals surface area contributed by atoms with Gasteiger partial charge in [0, 0.05) is 0 Å². The first kappa shape index (κ1) is 6.36. The molecule has 0 fully saturated rings. The van der Waals surface area contributed by atoms with Crippen molar-refractivity contribution in [2.75, 3.05) is 0 Å². The highest BCUT2D eigenvalue weighted by Gasteiger charge is 1.87. The summed E-state index contributed by atoms with van der Waals surface area (Å²) in [6.45, 7) is 3.84. The summed E-state index contributed by atoms with van der Waals surface area (Å²) in [5.41, 5.74) is 0. The van der Waals surface area contributed by atoms with E-state index >= 15 is 0 Å². The van der Waals surface area contributed by atoms with Crippen molar-refractivity contribution in [3.63, 3.8) is 0 Å². The zero-order valence-corrected chi connectivity index (χ0v) is 6.59. The second-order valence-corrected chi connectivity index (χ2v) is 3.23. The minimum absolute atomic E-state index is 0.286. The third-order valence-electron chi connectivity index (χ3n) is 1.23. The van der Waals surface area contributed by atoms with Crippen molar-refractivity contribution < 1.29 is 5.11 Å². The van der Waals surface area contributed by atoms with E-state index in [9.17, 15) is 0 Å². The van der Waals surface area contributed by atoms with Gasteiger partial charge < -0.3 is 5.11 Å². The highest BCUT2D eigenvalue weighted by Crippen LogP contribution is 2.01. The van der Waals surface area contributed by atoms with Crippen molar-refractivity contribution in [2.45, 2.75) is 0 Å². The van der Waals surface area contributed by atoms with Crippen LogP contribution in [0.3, 0.4) is 0 Å². The SMILES string of the molecule is [CH2][SiH2]c1ccc(O)cc1. The van der Waals surface area contributed by atoms with E-state index in [4.69, 9.17) is 5.11 Å². The molecule has 0 bridgehead atoms. The molecule has 1 nitrogen and oxygen atoms in total. The van der Waals surface area contributed by atoms with Crippen LogP contribution in [0, 0.1) is 6.55 Å². The first-order valence-corrected chi connectivity index (χ1v) is 4.61. The van der Waals surface area contributed by atoms with Crippen LogP contribution < -0.4 is 5.19 Å². The van der Waals surface area contributed by atoms with Crippen LogP contribution in [0.25, 0.3) is 0 Å². The van der Waals surface area contributed by atoms with Gasteiger partial charge in [-0.3, -0.25) is 0 Å². The first-order valence-electron chi connectivity index (χ1n) is 2.90. The summed E-state index contributed by atoms with van der Waals surface area (Å²) in [7, 11) is -0.286. The molecular weight excluding hydrogens is 128 g/mol. The predicted molar refractivity (Wildman–Crippen MR) is 41.6 cm³/mol. The normalized spacial score (nSPS) is 10.8. The highest BCUT2D eigenvalue weighted by atomic mass is 28.2. The Labute approximate surface area is 57.2 Å². The van der Waals surface area contributed by atoms with Gasteiger partial charge in [-0.2, -0.15) is 0 Å². The van der Waals surface area contributed by atoms with Crippen molar-refractivity contribution in [1.82, 2.24) is 0 Å². The van der Waals surface area contributed by atoms with Gasteiger partial charge in [-0.1, -0.05) is 23.9 Å². The van der Waals surface area contributed by atoms with Gasteiger partial charge in [-0.25, -0.2) is 0 Å². The van der Waals surface area contributed by atoms with Gasteiger partial charge in [-0.05, 0) is 12.1 Å². The average molecular weight is 137 g/mol. The Hall–Kier alpha value is -0.763. The van der Waals surface area contributed by atoms with E-state index in [0.717, 1.165) is 0 Å². The molecule has 0 unspecified atom stereocenters. The molecule has 0 saturated heterocycles. The number of rotatable bonds is 1. The zero-order chi connectivity index (χ0) is 6.69. The molecule has 1 aromatic carbocycles. The highest BCUT2D eigenvalue weighted by molar-refractivity contribution is 6.55. The Bertz CT molecular complexity index is 181. The van der Waals surface area contributed by atoms with E-state index in [2.05, 4.69) is 6.55 Å². The third kappa shape index (κ3) is 1.57. The fraction of sp³-hybridized carbons (Fsp3) is 0. The summed E-state index contributed by atoms with van der Waals surface area (Å²) in [4.78, 5) is 0. The summed E-state index contributed by atoms with van der Waals surface area (Å²) >= 11 is 0. The van der Waals surface area contributed by atoms with E-state index in [-0.39, 0.29) is 9.52 Å². The number of hydrogen-bond acceptors (Lipinski definition) is 1. The van der Waals surface area contributed by atoms with E-state index in [1.54, 1.807) is 12.1 Å². The molecule has 47 valence electrons. The molecule has 0 saturated carbocycles. The van der Waals surface area contributed by atoms with Crippen molar-refractivity contribution in [3.8, 4) is 5.75 Å². The quantitative estimate of drug-likeness (QED) is 0.539. The van der Waals surface area contributed by atoms with Crippen molar-refractivity contribution in [3.05, 3.63) is 30.8 Å². The lowest BCUT2D eigenvalue weighted by Gasteiger charge is -1.93. The number of benzene rings is 1. The van der Waals surface area contributed by atoms with Gasteiger partial charge in [0.1, 0.15) is 5.75 Å². The van der Waals surface area contributed by atoms with Crippen LogP contribution in [0.15, 0.2) is 24.3 Å². The van der Waals surface area contributed by atoms with Crippen molar-refractivity contribution in [2.24, 2.45) is 0 Å². The first-order chi connectivity index (χ1) is 4.33. The van der Waals surface area contributed by atoms with Gasteiger partial charge in [0.25, 0.3) is 0 Å². The van der Waals surface area contributed by atoms with Crippen LogP contribution in [0.2, 0.25) is 0 Å². The summed E-state index contributed by atoms with van der Waals surface area (Å²) < 4.78 is 0. The summed E-state index contributed by atoms with van der Waals surface area (Å²) in [6.07, 6.45) is 0. The molecule has 0 aliphatic heterocycles. The predicted octanol–water partition coefficient (Wildman–Crippen LogP) is -0.0221. The van der Waals surface area contributed by atoms with Crippen molar-refractivity contribution in [1.29, 1.82) is 0 Å². The van der Waals surface area contributed by atoms with Crippen LogP contribution in [-0.4, -0.2) is 14.6 Å². The van der Waals surface area contributed by atoms with Crippen molar-refractivity contribution >= 4 is 14.7 Å². The lowest BCUT2D eigenvalue weighted by Crippen LogP contribution is -2.08. The van der Waals surface area contributed by atoms with Crippen LogP contribution >= 0.6 is 0 Å². The molecule has 0 spiro atoms. The molecule has 0 aliphatic carbocycles. The maximum absolute atomic E-state index is 8.85. The van der Waals surface area contributed by atoms with Gasteiger partial charge in [-0.15, -0.1) is 0 Å². The van der Waals surface area contributed by atoms with E-state index in [1.165, 1.54) is 5.19 Å². The molecule has 0 atom stereocenters. The number of hydrogen-bond donors (Lipinski definition) is 1. The topological polar surface area (TPSA) is 20.2 Å². The minimum atomic E-state index is -0.286. The largest absolute Gasteiger partial charge is 0.508 e. The molecule has 1 aromatic rings. The fourth-order valence-electron chi connectivity index (χ4n) is 0.663. The molecule has 0 aromatic heterocycles. The molecular formula is C7H9OSi. The number of aromatic hydroxyl groups is 1. The maximum atomic E-state index is 8.85. The monoisotopic (exact) mass is 137 g/mol. The van der Waals surface area contributed by atoms with Gasteiger partial charge in [0.2, 0.25) is 0 Å². The average Bonchev–Trinajstić information content (AvgIpc) is 1.90. The molecule has 1 radical (unpaired) electrons. The van der Waals surface area contributed by atoms with E-state index in [0.29, 0.717) is 5.75 Å². The molecule has 0 amide bonds. The van der Waals surface area contributed by atoms with Crippen LogP contribution in [-0.2, 0) is 0 Å². The fourth-order valence-corrected chi connectivity index (χ4v) is 1.23. The van der Waals surface area contributed by atoms with E-state index < -0.39 is 0 Å². The molecule has 0 heterocycles. The summed E-state index contributed by atoms with van der Waals surface area (Å²) in [5.74, 6) is 0.334. The minimum Gasteiger partial charge on any atom is -0.508 e. The summed E-state index contributed by atoms with van der Waals surface area (Å²) in [5, 5.41) is 10.1. The van der Waals surface area contributed by atoms with Gasteiger partial charge >= 0.3 is 0 Å². The van der Waals surface area contributed by atoms with E-state index in [1.807, 2.05) is 12.1 Å². The Morgan fingerprint density at radius 3 is 2.22 bits per heavy atom. The lowest BCUT2D eigenvalue weighted by molar-refractivity contribution is 0.475. The molecule has 1 N–H and O–H groups in total. The lowest BCUT2D eigenvalue weighted by atomic mass is 10.3. The second kappa shape index (κ2) is 2.69. The van der Waals surface area contributed by atoms with Crippen LogP contribution in [0.5, 0.6) is 5.75 Å². The zero-order valence-electron chi connectivity index (χ0n) is 5.17. The molecule has 0 aliphatic rings. The Kier molecular flexibility index (Phi) is 1.90. The van der Waals surface area contributed by atoms with Crippen LogP contribution in [0.1, 0.15) is 0 Å².